The van der Waals surface area contributed by atoms with E-state index >= 15 is 0 Å². The fraction of sp³-hybridized carbons (Fsp3) is 0.833. The Morgan fingerprint density at radius 1 is 1.47 bits per heavy atom. The Balaban J connectivity index is 2.07. The van der Waals surface area contributed by atoms with E-state index in [1.807, 2.05) is 20.8 Å². The summed E-state index contributed by atoms with van der Waals surface area (Å²) in [6, 6.07) is 0. The number of Topliss-reactive ketones (excluding diaryl/α,β-unsaturated/α-hetero) is 1. The van der Waals surface area contributed by atoms with Crippen LogP contribution in [0.1, 0.15) is 33.6 Å². The number of amides is 1. The van der Waals surface area contributed by atoms with Gasteiger partial charge in [0, 0.05) is 13.0 Å². The van der Waals surface area contributed by atoms with Crippen LogP contribution in [-0.4, -0.2) is 47.7 Å². The lowest BCUT2D eigenvalue weighted by molar-refractivity contribution is -0.156. The highest BCUT2D eigenvalue weighted by molar-refractivity contribution is 5.94. The first-order valence-corrected chi connectivity index (χ1v) is 5.97. The molecule has 1 spiro atoms. The minimum Gasteiger partial charge on any atom is -0.444 e. The molecule has 1 amide bonds. The average molecular weight is 241 g/mol. The van der Waals surface area contributed by atoms with Crippen LogP contribution in [0.5, 0.6) is 0 Å². The summed E-state index contributed by atoms with van der Waals surface area (Å²) in [4.78, 5) is 25.4. The fourth-order valence-electron chi connectivity index (χ4n) is 2.24. The van der Waals surface area contributed by atoms with Crippen LogP contribution in [-0.2, 0) is 14.3 Å². The molecule has 0 aromatic carbocycles. The van der Waals surface area contributed by atoms with Gasteiger partial charge in [0.2, 0.25) is 0 Å². The van der Waals surface area contributed by atoms with E-state index < -0.39 is 17.2 Å². The molecule has 2 heterocycles. The standard InChI is InChI=1S/C12H19NO4/c1-11(2,3)17-10(15)13-6-5-12(13)8-16-7-4-9(12)14/h4-8H2,1-3H3. The van der Waals surface area contributed by atoms with Gasteiger partial charge in [0.05, 0.1) is 13.2 Å². The van der Waals surface area contributed by atoms with Gasteiger partial charge in [-0.05, 0) is 27.2 Å². The smallest absolute Gasteiger partial charge is 0.411 e. The summed E-state index contributed by atoms with van der Waals surface area (Å²) in [5.41, 5.74) is -1.27. The Hall–Kier alpha value is -1.10. The molecule has 2 aliphatic rings. The average Bonchev–Trinajstić information content (AvgIpc) is 2.13. The Labute approximate surface area is 101 Å². The molecule has 5 nitrogen and oxygen atoms in total. The summed E-state index contributed by atoms with van der Waals surface area (Å²) in [6.07, 6.45) is 0.660. The van der Waals surface area contributed by atoms with Crippen molar-refractivity contribution in [3.8, 4) is 0 Å². The van der Waals surface area contributed by atoms with Crippen molar-refractivity contribution in [1.82, 2.24) is 4.90 Å². The van der Waals surface area contributed by atoms with Gasteiger partial charge in [0.1, 0.15) is 11.1 Å². The lowest BCUT2D eigenvalue weighted by Gasteiger charge is -2.52. The molecule has 1 atom stereocenters. The Morgan fingerprint density at radius 3 is 2.65 bits per heavy atom. The molecule has 2 rings (SSSR count). The molecule has 0 saturated carbocycles. The van der Waals surface area contributed by atoms with Crippen LogP contribution in [0.25, 0.3) is 0 Å². The van der Waals surface area contributed by atoms with Crippen LogP contribution in [0, 0.1) is 0 Å². The van der Waals surface area contributed by atoms with Crippen molar-refractivity contribution in [3.63, 3.8) is 0 Å². The third-order valence-electron chi connectivity index (χ3n) is 3.21. The molecule has 2 saturated heterocycles. The number of nitrogens with zero attached hydrogens (tertiary/aromatic N) is 1. The molecule has 0 bridgehead atoms. The van der Waals surface area contributed by atoms with Crippen molar-refractivity contribution < 1.29 is 19.1 Å². The minimum absolute atomic E-state index is 0.0980. The third-order valence-corrected chi connectivity index (χ3v) is 3.21. The van der Waals surface area contributed by atoms with E-state index in [9.17, 15) is 9.59 Å². The molecule has 2 fully saturated rings. The summed E-state index contributed by atoms with van der Waals surface area (Å²) >= 11 is 0. The Kier molecular flexibility index (Phi) is 2.89. The lowest BCUT2D eigenvalue weighted by Crippen LogP contribution is -2.70. The Morgan fingerprint density at radius 2 is 2.18 bits per heavy atom. The number of ketones is 1. The van der Waals surface area contributed by atoms with Crippen molar-refractivity contribution in [1.29, 1.82) is 0 Å². The number of ether oxygens (including phenoxy) is 2. The molecule has 0 N–H and O–H groups in total. The van der Waals surface area contributed by atoms with Crippen molar-refractivity contribution in [2.45, 2.75) is 44.8 Å². The number of carbonyl (C=O) groups excluding carboxylic acids is 2. The van der Waals surface area contributed by atoms with E-state index in [0.29, 0.717) is 32.6 Å². The van der Waals surface area contributed by atoms with Crippen LogP contribution in [0.3, 0.4) is 0 Å². The largest absolute Gasteiger partial charge is 0.444 e. The van der Waals surface area contributed by atoms with Gasteiger partial charge in [-0.1, -0.05) is 0 Å². The molecular formula is C12H19NO4. The molecule has 5 heteroatoms. The molecule has 96 valence electrons. The van der Waals surface area contributed by atoms with Crippen LogP contribution >= 0.6 is 0 Å². The maximum Gasteiger partial charge on any atom is 0.411 e. The first-order chi connectivity index (χ1) is 7.85. The zero-order valence-corrected chi connectivity index (χ0v) is 10.6. The van der Waals surface area contributed by atoms with Crippen LogP contribution in [0.15, 0.2) is 0 Å². The van der Waals surface area contributed by atoms with E-state index in [4.69, 9.17) is 9.47 Å². The number of likely N-dealkylation sites (tertiary alicyclic amines) is 1. The van der Waals surface area contributed by atoms with Crippen LogP contribution < -0.4 is 0 Å². The molecule has 1 unspecified atom stereocenters. The van der Waals surface area contributed by atoms with Crippen LogP contribution in [0.4, 0.5) is 4.79 Å². The van der Waals surface area contributed by atoms with Gasteiger partial charge >= 0.3 is 6.09 Å². The Bertz CT molecular complexity index is 347. The predicted molar refractivity (Wildman–Crippen MR) is 60.7 cm³/mol. The first-order valence-electron chi connectivity index (χ1n) is 5.97. The second kappa shape index (κ2) is 3.98. The maximum atomic E-state index is 12.0. The predicted octanol–water partition coefficient (Wildman–Crippen LogP) is 1.36. The molecular weight excluding hydrogens is 222 g/mol. The zero-order valence-electron chi connectivity index (χ0n) is 10.6. The van der Waals surface area contributed by atoms with Crippen molar-refractivity contribution in [2.24, 2.45) is 0 Å². The second-order valence-electron chi connectivity index (χ2n) is 5.64. The van der Waals surface area contributed by atoms with Crippen molar-refractivity contribution in [3.05, 3.63) is 0 Å². The van der Waals surface area contributed by atoms with E-state index in [1.54, 1.807) is 0 Å². The van der Waals surface area contributed by atoms with Gasteiger partial charge in [-0.25, -0.2) is 4.79 Å². The van der Waals surface area contributed by atoms with E-state index in [-0.39, 0.29) is 5.78 Å². The number of carbonyl (C=O) groups is 2. The quantitative estimate of drug-likeness (QED) is 0.642. The van der Waals surface area contributed by atoms with Crippen LogP contribution in [0.2, 0.25) is 0 Å². The summed E-state index contributed by atoms with van der Waals surface area (Å²) < 4.78 is 10.6. The number of rotatable bonds is 0. The maximum absolute atomic E-state index is 12.0. The van der Waals surface area contributed by atoms with Gasteiger partial charge in [-0.2, -0.15) is 0 Å². The topological polar surface area (TPSA) is 55.8 Å². The second-order valence-corrected chi connectivity index (χ2v) is 5.64. The molecule has 17 heavy (non-hydrogen) atoms. The molecule has 0 aromatic heterocycles. The fourth-order valence-corrected chi connectivity index (χ4v) is 2.24. The third kappa shape index (κ3) is 2.16. The first kappa shape index (κ1) is 12.4. The minimum atomic E-state index is -0.736. The van der Waals surface area contributed by atoms with Gasteiger partial charge < -0.3 is 9.47 Å². The van der Waals surface area contributed by atoms with Crippen molar-refractivity contribution in [2.75, 3.05) is 19.8 Å². The summed E-state index contributed by atoms with van der Waals surface area (Å²) in [7, 11) is 0. The highest BCUT2D eigenvalue weighted by Crippen LogP contribution is 2.36. The number of hydrogen-bond acceptors (Lipinski definition) is 4. The molecule has 2 aliphatic heterocycles. The highest BCUT2D eigenvalue weighted by Gasteiger charge is 2.55. The monoisotopic (exact) mass is 241 g/mol. The van der Waals surface area contributed by atoms with Gasteiger partial charge in [-0.15, -0.1) is 0 Å². The van der Waals surface area contributed by atoms with E-state index in [0.717, 1.165) is 0 Å². The molecule has 0 aromatic rings. The van der Waals surface area contributed by atoms with Gasteiger partial charge in [0.25, 0.3) is 0 Å². The summed E-state index contributed by atoms with van der Waals surface area (Å²) in [5, 5.41) is 0. The van der Waals surface area contributed by atoms with E-state index in [1.165, 1.54) is 4.90 Å². The SMILES string of the molecule is CC(C)(C)OC(=O)N1CCC12COCCC2=O. The zero-order chi connectivity index (χ0) is 12.7. The highest BCUT2D eigenvalue weighted by atomic mass is 16.6. The summed E-state index contributed by atoms with van der Waals surface area (Å²) in [6.45, 7) is 6.79. The van der Waals surface area contributed by atoms with Crippen molar-refractivity contribution >= 4 is 11.9 Å². The van der Waals surface area contributed by atoms with Gasteiger partial charge in [0.15, 0.2) is 5.78 Å². The normalized spacial score (nSPS) is 29.1. The van der Waals surface area contributed by atoms with E-state index in [2.05, 4.69) is 0 Å². The van der Waals surface area contributed by atoms with Gasteiger partial charge in [-0.3, -0.25) is 9.69 Å². The lowest BCUT2D eigenvalue weighted by atomic mass is 9.79. The molecule has 0 aliphatic carbocycles. The molecule has 0 radical (unpaired) electrons. The summed E-state index contributed by atoms with van der Waals surface area (Å²) in [5.74, 6) is 0.0980. The number of hydrogen-bond donors (Lipinski definition) is 0.